The van der Waals surface area contributed by atoms with Crippen molar-refractivity contribution in [2.24, 2.45) is 0 Å². The molecule has 0 saturated heterocycles. The Morgan fingerprint density at radius 3 is 1.80 bits per heavy atom. The molecule has 0 aliphatic rings. The van der Waals surface area contributed by atoms with Gasteiger partial charge in [0.15, 0.2) is 8.32 Å². The summed E-state index contributed by atoms with van der Waals surface area (Å²) in [4.78, 5) is 0. The molecule has 0 fully saturated rings. The summed E-state index contributed by atoms with van der Waals surface area (Å²) in [6.45, 7) is 11.8. The molecule has 0 aliphatic carbocycles. The van der Waals surface area contributed by atoms with Crippen molar-refractivity contribution in [2.45, 2.75) is 58.0 Å². The third-order valence-corrected chi connectivity index (χ3v) is 16.5. The SMILES string of the molecule is CC[Si](CC)(CC)SCC[Si](C)(C)OC. The standard InChI is InChI=1S/C11H28OSSi2/c1-7-15(8-2,9-3)13-10-11-14(5,6)12-4/h7-11H2,1-6H3. The minimum atomic E-state index is -1.31. The van der Waals surface area contributed by atoms with Gasteiger partial charge in [-0.05, 0) is 24.9 Å². The zero-order valence-corrected chi connectivity index (χ0v) is 14.2. The fraction of sp³-hybridized carbons (Fsp3) is 1.00. The average molecular weight is 265 g/mol. The van der Waals surface area contributed by atoms with Gasteiger partial charge in [-0.25, -0.2) is 0 Å². The van der Waals surface area contributed by atoms with Crippen molar-refractivity contribution in [3.05, 3.63) is 0 Å². The van der Waals surface area contributed by atoms with Crippen LogP contribution in [0.1, 0.15) is 20.8 Å². The Balaban J connectivity index is 4.02. The third kappa shape index (κ3) is 5.56. The zero-order valence-electron chi connectivity index (χ0n) is 11.4. The summed E-state index contributed by atoms with van der Waals surface area (Å²) >= 11 is 2.30. The number of hydrogen-bond donors (Lipinski definition) is 0. The summed E-state index contributed by atoms with van der Waals surface area (Å²) in [6, 6.07) is 5.60. The van der Waals surface area contributed by atoms with Gasteiger partial charge in [-0.1, -0.05) is 38.9 Å². The van der Waals surface area contributed by atoms with Crippen LogP contribution in [0.3, 0.4) is 0 Å². The van der Waals surface area contributed by atoms with Crippen molar-refractivity contribution in [3.63, 3.8) is 0 Å². The van der Waals surface area contributed by atoms with Crippen molar-refractivity contribution < 1.29 is 4.43 Å². The second-order valence-corrected chi connectivity index (χ2v) is 17.9. The third-order valence-electron chi connectivity index (χ3n) is 3.60. The lowest BCUT2D eigenvalue weighted by Gasteiger charge is -2.29. The average Bonchev–Trinajstić information content (AvgIpc) is 2.25. The van der Waals surface area contributed by atoms with Gasteiger partial charge in [0.1, 0.15) is 7.22 Å². The van der Waals surface area contributed by atoms with E-state index in [0.717, 1.165) is 0 Å². The zero-order chi connectivity index (χ0) is 11.9. The highest BCUT2D eigenvalue weighted by Gasteiger charge is 2.29. The van der Waals surface area contributed by atoms with E-state index in [2.05, 4.69) is 45.1 Å². The van der Waals surface area contributed by atoms with Crippen LogP contribution in [0.4, 0.5) is 0 Å². The molecule has 92 valence electrons. The Morgan fingerprint density at radius 1 is 1.00 bits per heavy atom. The molecule has 0 aromatic heterocycles. The summed E-state index contributed by atoms with van der Waals surface area (Å²) < 4.78 is 5.59. The van der Waals surface area contributed by atoms with Crippen molar-refractivity contribution in [3.8, 4) is 0 Å². The summed E-state index contributed by atoms with van der Waals surface area (Å²) in [6.07, 6.45) is 0. The van der Waals surface area contributed by atoms with Crippen LogP contribution in [0.25, 0.3) is 0 Å². The van der Waals surface area contributed by atoms with E-state index in [1.165, 1.54) is 29.9 Å². The van der Waals surface area contributed by atoms with E-state index in [9.17, 15) is 0 Å². The normalized spacial score (nSPS) is 13.2. The molecule has 0 bridgehead atoms. The van der Waals surface area contributed by atoms with Crippen LogP contribution in [-0.2, 0) is 4.43 Å². The Bertz CT molecular complexity index is 162. The lowest BCUT2D eigenvalue weighted by atomic mass is 10.9. The molecule has 0 spiro atoms. The summed E-state index contributed by atoms with van der Waals surface area (Å²) in [5, 5.41) is 0. The molecular formula is C11H28OSSi2. The number of rotatable bonds is 8. The molecule has 0 atom stereocenters. The van der Waals surface area contributed by atoms with Gasteiger partial charge >= 0.3 is 0 Å². The first-order chi connectivity index (χ1) is 6.95. The van der Waals surface area contributed by atoms with Gasteiger partial charge in [-0.15, -0.1) is 0 Å². The van der Waals surface area contributed by atoms with Gasteiger partial charge in [0.25, 0.3) is 0 Å². The van der Waals surface area contributed by atoms with E-state index >= 15 is 0 Å². The van der Waals surface area contributed by atoms with Gasteiger partial charge in [0.2, 0.25) is 0 Å². The summed E-state index contributed by atoms with van der Waals surface area (Å²) in [5.74, 6) is 1.33. The quantitative estimate of drug-likeness (QED) is 0.594. The van der Waals surface area contributed by atoms with E-state index in [1.807, 2.05) is 7.11 Å². The predicted molar refractivity (Wildman–Crippen MR) is 79.0 cm³/mol. The van der Waals surface area contributed by atoms with E-state index in [-0.39, 0.29) is 0 Å². The fourth-order valence-electron chi connectivity index (χ4n) is 1.67. The van der Waals surface area contributed by atoms with Gasteiger partial charge in [0.05, 0.1) is 0 Å². The number of hydrogen-bond acceptors (Lipinski definition) is 2. The molecule has 0 N–H and O–H groups in total. The van der Waals surface area contributed by atoms with Crippen LogP contribution in [0.15, 0.2) is 0 Å². The monoisotopic (exact) mass is 264 g/mol. The van der Waals surface area contributed by atoms with Crippen molar-refractivity contribution in [1.82, 2.24) is 0 Å². The van der Waals surface area contributed by atoms with E-state index < -0.39 is 15.5 Å². The second kappa shape index (κ2) is 7.14. The highest BCUT2D eigenvalue weighted by Crippen LogP contribution is 2.34. The van der Waals surface area contributed by atoms with Crippen LogP contribution in [-0.4, -0.2) is 28.4 Å². The molecule has 0 heterocycles. The molecule has 0 aliphatic heterocycles. The van der Waals surface area contributed by atoms with E-state index in [4.69, 9.17) is 4.43 Å². The van der Waals surface area contributed by atoms with Crippen molar-refractivity contribution in [2.75, 3.05) is 12.9 Å². The lowest BCUT2D eigenvalue weighted by Crippen LogP contribution is -2.32. The molecule has 0 aromatic carbocycles. The van der Waals surface area contributed by atoms with Gasteiger partial charge < -0.3 is 4.43 Å². The predicted octanol–water partition coefficient (Wildman–Crippen LogP) is 4.58. The van der Waals surface area contributed by atoms with Crippen LogP contribution >= 0.6 is 11.2 Å². The fourth-order valence-corrected chi connectivity index (χ4v) is 10.9. The molecule has 0 amide bonds. The van der Waals surface area contributed by atoms with Crippen molar-refractivity contribution >= 4 is 26.8 Å². The molecule has 0 rings (SSSR count). The largest absolute Gasteiger partial charge is 0.420 e. The van der Waals surface area contributed by atoms with Crippen LogP contribution in [0.5, 0.6) is 0 Å². The molecule has 0 saturated carbocycles. The maximum Gasteiger partial charge on any atom is 0.187 e. The summed E-state index contributed by atoms with van der Waals surface area (Å²) in [7, 11) is -0.384. The van der Waals surface area contributed by atoms with Crippen LogP contribution < -0.4 is 0 Å². The first-order valence-electron chi connectivity index (χ1n) is 6.14. The molecule has 0 unspecified atom stereocenters. The van der Waals surface area contributed by atoms with Gasteiger partial charge in [-0.3, -0.25) is 0 Å². The maximum absolute atomic E-state index is 5.59. The minimum Gasteiger partial charge on any atom is -0.420 e. The highest BCUT2D eigenvalue weighted by atomic mass is 32.4. The van der Waals surface area contributed by atoms with E-state index in [1.54, 1.807) is 0 Å². The first-order valence-corrected chi connectivity index (χ1v) is 13.6. The maximum atomic E-state index is 5.59. The van der Waals surface area contributed by atoms with Crippen molar-refractivity contribution in [1.29, 1.82) is 0 Å². The Hall–Kier alpha value is 0.744. The topological polar surface area (TPSA) is 9.23 Å². The van der Waals surface area contributed by atoms with Gasteiger partial charge in [0, 0.05) is 7.11 Å². The van der Waals surface area contributed by atoms with Gasteiger partial charge in [-0.2, -0.15) is 11.2 Å². The molecule has 1 nitrogen and oxygen atoms in total. The molecular weight excluding hydrogens is 236 g/mol. The molecule has 0 aromatic rings. The Morgan fingerprint density at radius 2 is 1.47 bits per heavy atom. The summed E-state index contributed by atoms with van der Waals surface area (Å²) in [5.41, 5.74) is 0. The molecule has 4 heteroatoms. The lowest BCUT2D eigenvalue weighted by molar-refractivity contribution is 0.405. The smallest absolute Gasteiger partial charge is 0.187 e. The van der Waals surface area contributed by atoms with Crippen LogP contribution in [0.2, 0.25) is 37.3 Å². The minimum absolute atomic E-state index is 0.947. The van der Waals surface area contributed by atoms with Crippen LogP contribution in [0, 0.1) is 0 Å². The molecule has 0 radical (unpaired) electrons. The highest BCUT2D eigenvalue weighted by molar-refractivity contribution is 8.29. The molecule has 15 heavy (non-hydrogen) atoms. The second-order valence-electron chi connectivity index (χ2n) is 4.81. The first kappa shape index (κ1) is 15.7. The Kier molecular flexibility index (Phi) is 7.50. The Labute approximate surface area is 102 Å². The van der Waals surface area contributed by atoms with E-state index in [0.29, 0.717) is 0 Å².